The zero-order valence-electron chi connectivity index (χ0n) is 13.2. The number of hydrogen-bond acceptors (Lipinski definition) is 5. The predicted molar refractivity (Wildman–Crippen MR) is 90.3 cm³/mol. The van der Waals surface area contributed by atoms with Crippen molar-refractivity contribution in [1.29, 1.82) is 0 Å². The molecule has 4 rings (SSSR count). The summed E-state index contributed by atoms with van der Waals surface area (Å²) in [6.07, 6.45) is 4.25. The molecule has 1 aromatic heterocycles. The second-order valence-corrected chi connectivity index (χ2v) is 7.38. The fourth-order valence-corrected chi connectivity index (χ4v) is 4.32. The molecule has 2 fully saturated rings. The van der Waals surface area contributed by atoms with Crippen molar-refractivity contribution in [2.75, 3.05) is 19.7 Å². The average molecular weight is 330 g/mol. The van der Waals surface area contributed by atoms with Crippen molar-refractivity contribution in [3.05, 3.63) is 52.5 Å². The third-order valence-electron chi connectivity index (χ3n) is 4.77. The van der Waals surface area contributed by atoms with Gasteiger partial charge < -0.3 is 9.47 Å². The quantitative estimate of drug-likeness (QED) is 0.844. The first-order valence-electron chi connectivity index (χ1n) is 8.24. The number of nitrogens with zero attached hydrogens (tertiary/aromatic N) is 2. The zero-order valence-corrected chi connectivity index (χ0v) is 14.0. The van der Waals surface area contributed by atoms with E-state index in [2.05, 4.69) is 34.1 Å². The Hall–Kier alpha value is -1.27. The Balaban J connectivity index is 1.43. The summed E-state index contributed by atoms with van der Waals surface area (Å²) >= 11 is 1.72. The Kier molecular flexibility index (Phi) is 4.44. The second kappa shape index (κ2) is 6.69. The monoisotopic (exact) mass is 330 g/mol. The number of rotatable bonds is 5. The van der Waals surface area contributed by atoms with E-state index in [4.69, 9.17) is 9.47 Å². The molecule has 0 N–H and O–H groups in total. The molecule has 0 amide bonds. The Morgan fingerprint density at radius 1 is 1.35 bits per heavy atom. The standard InChI is InChI=1S/C18H22N2O2S/c1-2-5-15(6-3-1)13-21-16-11-20(12-17-19-8-10-23-17)14-18(16)7-4-9-22-18/h1-3,5-6,8,10,16H,4,7,9,11-14H2/t16-,18-/m0/s1. The predicted octanol–water partition coefficient (Wildman–Crippen LogP) is 3.09. The first-order chi connectivity index (χ1) is 11.3. The van der Waals surface area contributed by atoms with Gasteiger partial charge in [0, 0.05) is 31.3 Å². The van der Waals surface area contributed by atoms with Crippen molar-refractivity contribution < 1.29 is 9.47 Å². The fraction of sp³-hybridized carbons (Fsp3) is 0.500. The van der Waals surface area contributed by atoms with E-state index in [-0.39, 0.29) is 11.7 Å². The van der Waals surface area contributed by atoms with E-state index in [1.54, 1.807) is 11.3 Å². The van der Waals surface area contributed by atoms with Gasteiger partial charge in [-0.3, -0.25) is 4.90 Å². The molecule has 0 saturated carbocycles. The van der Waals surface area contributed by atoms with E-state index in [1.165, 1.54) is 10.6 Å². The normalized spacial score (nSPS) is 27.9. The van der Waals surface area contributed by atoms with Gasteiger partial charge in [-0.25, -0.2) is 4.98 Å². The fourth-order valence-electron chi connectivity index (χ4n) is 3.66. The van der Waals surface area contributed by atoms with Crippen molar-refractivity contribution in [2.24, 2.45) is 0 Å². The van der Waals surface area contributed by atoms with Crippen LogP contribution in [0.1, 0.15) is 23.4 Å². The van der Waals surface area contributed by atoms with E-state index in [9.17, 15) is 0 Å². The molecule has 2 aromatic rings. The smallest absolute Gasteiger partial charge is 0.108 e. The maximum atomic E-state index is 6.29. The van der Waals surface area contributed by atoms with Crippen molar-refractivity contribution in [2.45, 2.75) is 37.7 Å². The molecule has 1 aromatic carbocycles. The van der Waals surface area contributed by atoms with Gasteiger partial charge in [-0.15, -0.1) is 11.3 Å². The van der Waals surface area contributed by atoms with Crippen molar-refractivity contribution in [3.63, 3.8) is 0 Å². The van der Waals surface area contributed by atoms with E-state index < -0.39 is 0 Å². The van der Waals surface area contributed by atoms with Crippen molar-refractivity contribution in [3.8, 4) is 0 Å². The summed E-state index contributed by atoms with van der Waals surface area (Å²) in [5.74, 6) is 0. The molecule has 0 unspecified atom stereocenters. The minimum Gasteiger partial charge on any atom is -0.371 e. The molecule has 1 spiro atoms. The number of benzene rings is 1. The van der Waals surface area contributed by atoms with Crippen molar-refractivity contribution >= 4 is 11.3 Å². The molecule has 3 heterocycles. The van der Waals surface area contributed by atoms with Gasteiger partial charge in [-0.2, -0.15) is 0 Å². The van der Waals surface area contributed by atoms with E-state index in [0.29, 0.717) is 6.61 Å². The summed E-state index contributed by atoms with van der Waals surface area (Å²) in [4.78, 5) is 6.84. The molecule has 2 atom stereocenters. The largest absolute Gasteiger partial charge is 0.371 e. The van der Waals surface area contributed by atoms with Crippen LogP contribution < -0.4 is 0 Å². The number of hydrogen-bond donors (Lipinski definition) is 0. The van der Waals surface area contributed by atoms with Crippen LogP contribution in [-0.2, 0) is 22.6 Å². The topological polar surface area (TPSA) is 34.6 Å². The molecular weight excluding hydrogens is 308 g/mol. The Morgan fingerprint density at radius 2 is 2.26 bits per heavy atom. The minimum atomic E-state index is -0.119. The summed E-state index contributed by atoms with van der Waals surface area (Å²) in [6, 6.07) is 10.4. The molecular formula is C18H22N2O2S. The summed E-state index contributed by atoms with van der Waals surface area (Å²) in [5, 5.41) is 3.21. The third-order valence-corrected chi connectivity index (χ3v) is 5.54. The number of ether oxygens (including phenoxy) is 2. The molecule has 23 heavy (non-hydrogen) atoms. The molecule has 4 nitrogen and oxygen atoms in total. The maximum absolute atomic E-state index is 6.29. The zero-order chi connectivity index (χ0) is 15.5. The lowest BCUT2D eigenvalue weighted by atomic mass is 9.96. The molecule has 0 radical (unpaired) electrons. The average Bonchev–Trinajstić information content (AvgIpc) is 3.31. The lowest BCUT2D eigenvalue weighted by molar-refractivity contribution is -0.0959. The third kappa shape index (κ3) is 3.33. The molecule has 2 aliphatic heterocycles. The molecule has 2 saturated heterocycles. The van der Waals surface area contributed by atoms with Crippen LogP contribution >= 0.6 is 11.3 Å². The number of thiazole rings is 1. The van der Waals surface area contributed by atoms with Crippen LogP contribution in [0.4, 0.5) is 0 Å². The van der Waals surface area contributed by atoms with Crippen LogP contribution in [0.5, 0.6) is 0 Å². The summed E-state index contributed by atoms with van der Waals surface area (Å²) in [5.41, 5.74) is 1.10. The molecule has 5 heteroatoms. The highest BCUT2D eigenvalue weighted by molar-refractivity contribution is 7.09. The molecule has 122 valence electrons. The van der Waals surface area contributed by atoms with Gasteiger partial charge in [0.1, 0.15) is 16.7 Å². The molecule has 2 aliphatic rings. The van der Waals surface area contributed by atoms with Gasteiger partial charge >= 0.3 is 0 Å². The molecule has 0 bridgehead atoms. The van der Waals surface area contributed by atoms with E-state index in [0.717, 1.165) is 39.1 Å². The first kappa shape index (κ1) is 15.3. The first-order valence-corrected chi connectivity index (χ1v) is 9.12. The maximum Gasteiger partial charge on any atom is 0.108 e. The SMILES string of the molecule is c1ccc(CO[C@H]2CN(Cc3nccs3)C[C@@]23CCCO3)cc1. The van der Waals surface area contributed by atoms with Crippen LogP contribution in [0.25, 0.3) is 0 Å². The number of aromatic nitrogens is 1. The van der Waals surface area contributed by atoms with Crippen LogP contribution in [0.2, 0.25) is 0 Å². The van der Waals surface area contributed by atoms with E-state index >= 15 is 0 Å². The highest BCUT2D eigenvalue weighted by atomic mass is 32.1. The van der Waals surface area contributed by atoms with Gasteiger partial charge in [-0.05, 0) is 18.4 Å². The minimum absolute atomic E-state index is 0.119. The van der Waals surface area contributed by atoms with Gasteiger partial charge in [0.25, 0.3) is 0 Å². The van der Waals surface area contributed by atoms with Gasteiger partial charge in [0.05, 0.1) is 13.2 Å². The summed E-state index contributed by atoms with van der Waals surface area (Å²) < 4.78 is 12.5. The molecule has 0 aliphatic carbocycles. The highest BCUT2D eigenvalue weighted by Gasteiger charge is 2.50. The van der Waals surface area contributed by atoms with Gasteiger partial charge in [0.15, 0.2) is 0 Å². The summed E-state index contributed by atoms with van der Waals surface area (Å²) in [6.45, 7) is 4.28. The highest BCUT2D eigenvalue weighted by Crippen LogP contribution is 2.38. The van der Waals surface area contributed by atoms with Crippen molar-refractivity contribution in [1.82, 2.24) is 9.88 Å². The van der Waals surface area contributed by atoms with Gasteiger partial charge in [0.2, 0.25) is 0 Å². The van der Waals surface area contributed by atoms with Crippen LogP contribution in [0.15, 0.2) is 41.9 Å². The summed E-state index contributed by atoms with van der Waals surface area (Å²) in [7, 11) is 0. The van der Waals surface area contributed by atoms with Crippen LogP contribution in [-0.4, -0.2) is 41.3 Å². The lowest BCUT2D eigenvalue weighted by Crippen LogP contribution is -2.42. The van der Waals surface area contributed by atoms with E-state index in [1.807, 2.05) is 17.6 Å². The van der Waals surface area contributed by atoms with Gasteiger partial charge in [-0.1, -0.05) is 30.3 Å². The number of likely N-dealkylation sites (tertiary alicyclic amines) is 1. The Labute approximate surface area is 141 Å². The van der Waals surface area contributed by atoms with Crippen LogP contribution in [0.3, 0.4) is 0 Å². The Morgan fingerprint density at radius 3 is 3.00 bits per heavy atom. The second-order valence-electron chi connectivity index (χ2n) is 6.40. The Bertz CT molecular complexity index is 611. The lowest BCUT2D eigenvalue weighted by Gasteiger charge is -2.29. The van der Waals surface area contributed by atoms with Crippen LogP contribution in [0, 0.1) is 0 Å².